The second-order valence-electron chi connectivity index (χ2n) is 9.35. The predicted molar refractivity (Wildman–Crippen MR) is 146 cm³/mol. The fraction of sp³-hybridized carbons (Fsp3) is 0.273. The number of aryl methyl sites for hydroxylation is 8. The molecule has 0 fully saturated rings. The monoisotopic (exact) mass is 436 g/mol. The van der Waals surface area contributed by atoms with Crippen LogP contribution in [0.5, 0.6) is 0 Å². The van der Waals surface area contributed by atoms with Gasteiger partial charge in [-0.25, -0.2) is 0 Å². The minimum Gasteiger partial charge on any atom is -0.0591 e. The van der Waals surface area contributed by atoms with Gasteiger partial charge in [0, 0.05) is 0 Å². The molecule has 0 N–H and O–H groups in total. The van der Waals surface area contributed by atoms with Crippen molar-refractivity contribution >= 4 is 0 Å². The van der Waals surface area contributed by atoms with Crippen molar-refractivity contribution in [1.82, 2.24) is 0 Å². The maximum atomic E-state index is 2.30. The Morgan fingerprint density at radius 1 is 0.333 bits per heavy atom. The lowest BCUT2D eigenvalue weighted by atomic mass is 9.95. The largest absolute Gasteiger partial charge is 0.0591 e. The second-order valence-corrected chi connectivity index (χ2v) is 9.35. The first kappa shape index (κ1) is 26.1. The molecule has 0 saturated carbocycles. The molecule has 0 spiro atoms. The zero-order valence-corrected chi connectivity index (χ0v) is 21.8. The van der Waals surface area contributed by atoms with Gasteiger partial charge in [-0.15, -0.1) is 0 Å². The van der Waals surface area contributed by atoms with E-state index in [1.807, 2.05) is 0 Å². The number of benzene rings is 4. The average Bonchev–Trinajstić information content (AvgIpc) is 2.78. The normalized spacial score (nSPS) is 9.94. The van der Waals surface area contributed by atoms with Gasteiger partial charge in [0.05, 0.1) is 0 Å². The molecule has 0 nitrogen and oxygen atoms in total. The predicted octanol–water partition coefficient (Wildman–Crippen LogP) is 9.12. The number of rotatable bonds is 2. The molecule has 33 heavy (non-hydrogen) atoms. The summed E-state index contributed by atoms with van der Waals surface area (Å²) in [6.07, 6.45) is 1.04. The molecular formula is C33H40. The molecular weight excluding hydrogens is 396 g/mol. The van der Waals surface area contributed by atoms with Crippen molar-refractivity contribution in [3.8, 4) is 0 Å². The topological polar surface area (TPSA) is 0 Å². The third-order valence-electron chi connectivity index (χ3n) is 5.83. The molecule has 0 aromatic heterocycles. The van der Waals surface area contributed by atoms with E-state index in [1.165, 1.54) is 55.6 Å². The van der Waals surface area contributed by atoms with Crippen LogP contribution in [0.2, 0.25) is 0 Å². The van der Waals surface area contributed by atoms with Gasteiger partial charge in [-0.3, -0.25) is 0 Å². The number of hydrogen-bond acceptors (Lipinski definition) is 0. The van der Waals surface area contributed by atoms with Crippen LogP contribution in [0.3, 0.4) is 0 Å². The number of hydrogen-bond donors (Lipinski definition) is 0. The Kier molecular flexibility index (Phi) is 10.1. The quantitative estimate of drug-likeness (QED) is 0.294. The van der Waals surface area contributed by atoms with E-state index in [-0.39, 0.29) is 0 Å². The van der Waals surface area contributed by atoms with Crippen LogP contribution in [-0.2, 0) is 6.42 Å². The average molecular weight is 437 g/mol. The highest BCUT2D eigenvalue weighted by atomic mass is 14.1. The second kappa shape index (κ2) is 12.8. The molecule has 0 atom stereocenters. The molecule has 0 aliphatic rings. The highest BCUT2D eigenvalue weighted by molar-refractivity contribution is 5.39. The van der Waals surface area contributed by atoms with Gasteiger partial charge in [0.25, 0.3) is 0 Å². The summed E-state index contributed by atoms with van der Waals surface area (Å²) in [7, 11) is 0. The summed E-state index contributed by atoms with van der Waals surface area (Å²) in [4.78, 5) is 0. The molecule has 0 aliphatic carbocycles. The van der Waals surface area contributed by atoms with Gasteiger partial charge in [0.15, 0.2) is 0 Å². The van der Waals surface area contributed by atoms with Crippen LogP contribution in [0.4, 0.5) is 0 Å². The molecule has 0 heteroatoms. The van der Waals surface area contributed by atoms with Crippen molar-refractivity contribution < 1.29 is 0 Å². The Labute approximate surface area is 202 Å². The van der Waals surface area contributed by atoms with Crippen LogP contribution >= 0.6 is 0 Å². The smallest absolute Gasteiger partial charge is 0.00203 e. The highest BCUT2D eigenvalue weighted by Crippen LogP contribution is 2.19. The van der Waals surface area contributed by atoms with E-state index in [0.29, 0.717) is 0 Å². The van der Waals surface area contributed by atoms with E-state index >= 15 is 0 Å². The van der Waals surface area contributed by atoms with Gasteiger partial charge >= 0.3 is 0 Å². The van der Waals surface area contributed by atoms with Crippen molar-refractivity contribution in [2.45, 2.75) is 61.8 Å². The Morgan fingerprint density at radius 3 is 0.848 bits per heavy atom. The maximum Gasteiger partial charge on any atom is -0.00203 e. The molecule has 0 unspecified atom stereocenters. The van der Waals surface area contributed by atoms with Crippen LogP contribution in [0, 0.1) is 55.4 Å². The summed E-state index contributed by atoms with van der Waals surface area (Å²) in [6.45, 7) is 17.1. The third-order valence-corrected chi connectivity index (χ3v) is 5.83. The maximum absolute atomic E-state index is 2.30. The van der Waals surface area contributed by atoms with Crippen LogP contribution < -0.4 is 0 Å². The summed E-state index contributed by atoms with van der Waals surface area (Å²) < 4.78 is 0. The lowest BCUT2D eigenvalue weighted by Gasteiger charge is -2.10. The minimum absolute atomic E-state index is 1.04. The Morgan fingerprint density at radius 2 is 0.576 bits per heavy atom. The molecule has 0 bridgehead atoms. The lowest BCUT2D eigenvalue weighted by molar-refractivity contribution is 1.11. The van der Waals surface area contributed by atoms with E-state index < -0.39 is 0 Å². The van der Waals surface area contributed by atoms with E-state index in [2.05, 4.69) is 140 Å². The van der Waals surface area contributed by atoms with Gasteiger partial charge < -0.3 is 0 Å². The van der Waals surface area contributed by atoms with Crippen molar-refractivity contribution in [3.63, 3.8) is 0 Å². The van der Waals surface area contributed by atoms with Crippen LogP contribution in [0.1, 0.15) is 55.6 Å². The summed E-state index contributed by atoms with van der Waals surface area (Å²) in [5.74, 6) is 0. The fourth-order valence-corrected chi connectivity index (χ4v) is 3.46. The zero-order valence-electron chi connectivity index (χ0n) is 21.8. The Balaban J connectivity index is 0.000000200. The van der Waals surface area contributed by atoms with Crippen molar-refractivity contribution in [1.29, 1.82) is 0 Å². The summed E-state index contributed by atoms with van der Waals surface area (Å²) in [5.41, 5.74) is 13.7. The van der Waals surface area contributed by atoms with Crippen molar-refractivity contribution in [2.75, 3.05) is 0 Å². The SMILES string of the molecule is Cc1ccc(C)c(Cc2cc(C)ccc2C)c1.Cc1ccc(C)cc1.Cc1ccc(C)cc1. The molecule has 4 aromatic carbocycles. The lowest BCUT2D eigenvalue weighted by Crippen LogP contribution is -1.96. The Hall–Kier alpha value is -3.12. The first-order chi connectivity index (χ1) is 15.6. The summed E-state index contributed by atoms with van der Waals surface area (Å²) in [6, 6.07) is 30.4. The molecule has 0 radical (unpaired) electrons. The standard InChI is InChI=1S/C17H20.2C8H10/c1-12-5-7-14(3)16(9-12)11-17-10-13(2)6-8-15(17)4;2*1-7-3-5-8(2)6-4-7/h5-10H,11H2,1-4H3;2*3-6H,1-2H3. The van der Waals surface area contributed by atoms with Crippen LogP contribution in [0.15, 0.2) is 84.9 Å². The zero-order chi connectivity index (χ0) is 24.4. The molecule has 172 valence electrons. The van der Waals surface area contributed by atoms with Gasteiger partial charge in [0.2, 0.25) is 0 Å². The highest BCUT2D eigenvalue weighted by Gasteiger charge is 2.03. The summed E-state index contributed by atoms with van der Waals surface area (Å²) in [5, 5.41) is 0. The van der Waals surface area contributed by atoms with Gasteiger partial charge in [-0.05, 0) is 84.1 Å². The molecule has 0 heterocycles. The van der Waals surface area contributed by atoms with Crippen LogP contribution in [0.25, 0.3) is 0 Å². The third kappa shape index (κ3) is 9.49. The first-order valence-corrected chi connectivity index (χ1v) is 11.8. The molecule has 4 rings (SSSR count). The minimum atomic E-state index is 1.04. The van der Waals surface area contributed by atoms with Gasteiger partial charge in [-0.1, -0.05) is 118 Å². The molecule has 4 aromatic rings. The molecule has 0 aliphatic heterocycles. The molecule has 0 amide bonds. The first-order valence-electron chi connectivity index (χ1n) is 11.8. The van der Waals surface area contributed by atoms with Crippen molar-refractivity contribution in [2.24, 2.45) is 0 Å². The van der Waals surface area contributed by atoms with E-state index in [1.54, 1.807) is 0 Å². The van der Waals surface area contributed by atoms with E-state index in [0.717, 1.165) is 6.42 Å². The fourth-order valence-electron chi connectivity index (χ4n) is 3.46. The Bertz CT molecular complexity index is 995. The molecule has 0 saturated heterocycles. The van der Waals surface area contributed by atoms with Crippen molar-refractivity contribution in [3.05, 3.63) is 141 Å². The van der Waals surface area contributed by atoms with Gasteiger partial charge in [-0.2, -0.15) is 0 Å². The van der Waals surface area contributed by atoms with Crippen LogP contribution in [-0.4, -0.2) is 0 Å². The summed E-state index contributed by atoms with van der Waals surface area (Å²) >= 11 is 0. The van der Waals surface area contributed by atoms with Gasteiger partial charge in [0.1, 0.15) is 0 Å². The van der Waals surface area contributed by atoms with E-state index in [4.69, 9.17) is 0 Å². The van der Waals surface area contributed by atoms with E-state index in [9.17, 15) is 0 Å².